The maximum atomic E-state index is 11.5. The molecule has 0 atom stereocenters. The molecule has 0 aromatic heterocycles. The average Bonchev–Trinajstić information content (AvgIpc) is 2.46. The lowest BCUT2D eigenvalue weighted by Crippen LogP contribution is -2.30. The molecule has 8 heteroatoms. The van der Waals surface area contributed by atoms with Crippen LogP contribution in [0.15, 0.2) is 58.2 Å². The highest BCUT2D eigenvalue weighted by Crippen LogP contribution is 2.45. The van der Waals surface area contributed by atoms with Crippen LogP contribution in [0.1, 0.15) is 6.92 Å². The number of aliphatic hydroxyl groups excluding tert-OH is 1. The van der Waals surface area contributed by atoms with E-state index in [0.717, 1.165) is 16.7 Å². The predicted molar refractivity (Wildman–Crippen MR) is 83.1 cm³/mol. The molecule has 2 N–H and O–H groups in total. The van der Waals surface area contributed by atoms with Crippen LogP contribution >= 0.6 is 11.8 Å². The third-order valence-electron chi connectivity index (χ3n) is 2.99. The van der Waals surface area contributed by atoms with Gasteiger partial charge in [0.2, 0.25) is 0 Å². The quantitative estimate of drug-likeness (QED) is 0.377. The topological polar surface area (TPSA) is 104 Å². The van der Waals surface area contributed by atoms with Crippen molar-refractivity contribution in [2.45, 2.75) is 11.8 Å². The molecule has 0 fully saturated rings. The first-order chi connectivity index (χ1) is 10.3. The van der Waals surface area contributed by atoms with Crippen molar-refractivity contribution in [1.82, 2.24) is 0 Å². The summed E-state index contributed by atoms with van der Waals surface area (Å²) in [5.41, 5.74) is 0.607. The third kappa shape index (κ3) is 2.82. The molecular formula is C14H12N2O5S. The first-order valence-corrected chi connectivity index (χ1v) is 6.90. The number of nitro groups is 1. The largest absolute Gasteiger partial charge is 0.508 e. The number of allylic oxidation sites excluding steroid dienone is 3. The molecule has 0 unspecified atom stereocenters. The molecule has 0 spiro atoms. The van der Waals surface area contributed by atoms with Crippen LogP contribution in [-0.2, 0) is 0 Å². The zero-order chi connectivity index (χ0) is 16.4. The number of nitro benzene ring substituents is 1. The molecule has 1 aliphatic heterocycles. The summed E-state index contributed by atoms with van der Waals surface area (Å²) in [4.78, 5) is 23.7. The molecule has 1 aromatic rings. The van der Waals surface area contributed by atoms with Gasteiger partial charge in [-0.1, -0.05) is 18.3 Å². The van der Waals surface area contributed by atoms with Crippen molar-refractivity contribution in [3.05, 3.63) is 63.4 Å². The number of non-ortho nitro benzene ring substituents is 1. The molecule has 1 aliphatic rings. The molecule has 114 valence electrons. The van der Waals surface area contributed by atoms with Crippen molar-refractivity contribution in [2.24, 2.45) is 0 Å². The number of hydrogen-bond acceptors (Lipinski definition) is 5. The van der Waals surface area contributed by atoms with Gasteiger partial charge in [-0.2, -0.15) is 0 Å². The molecule has 0 aliphatic carbocycles. The van der Waals surface area contributed by atoms with Crippen molar-refractivity contribution < 1.29 is 19.9 Å². The average molecular weight is 320 g/mol. The van der Waals surface area contributed by atoms with Crippen molar-refractivity contribution in [2.75, 3.05) is 4.90 Å². The molecule has 0 saturated heterocycles. The van der Waals surface area contributed by atoms with Gasteiger partial charge in [-0.15, -0.1) is 0 Å². The molecule has 1 heterocycles. The highest BCUT2D eigenvalue weighted by Gasteiger charge is 2.28. The van der Waals surface area contributed by atoms with E-state index in [2.05, 4.69) is 6.58 Å². The first kappa shape index (κ1) is 15.6. The van der Waals surface area contributed by atoms with Gasteiger partial charge in [0.15, 0.2) is 0 Å². The van der Waals surface area contributed by atoms with Gasteiger partial charge >= 0.3 is 6.09 Å². The van der Waals surface area contributed by atoms with E-state index in [4.69, 9.17) is 0 Å². The zero-order valence-corrected chi connectivity index (χ0v) is 12.3. The number of carbonyl (C=O) groups is 1. The standard InChI is InChI=1S/C14H12N2O5S/c1-3-10(17)7-12-8(2)15(14(18)19)11-5-4-9(16(20)21)6-13(11)22-12/h3-7,17H,1H2,2H3,(H,18,19)/b10-7+. The van der Waals surface area contributed by atoms with Crippen molar-refractivity contribution in [3.8, 4) is 0 Å². The van der Waals surface area contributed by atoms with Crippen LogP contribution in [0.5, 0.6) is 0 Å². The van der Waals surface area contributed by atoms with Gasteiger partial charge in [0.25, 0.3) is 5.69 Å². The highest BCUT2D eigenvalue weighted by atomic mass is 32.2. The Bertz CT molecular complexity index is 739. The van der Waals surface area contributed by atoms with Crippen molar-refractivity contribution in [3.63, 3.8) is 0 Å². The van der Waals surface area contributed by atoms with E-state index in [1.807, 2.05) is 0 Å². The Morgan fingerprint density at radius 3 is 2.68 bits per heavy atom. The molecule has 22 heavy (non-hydrogen) atoms. The summed E-state index contributed by atoms with van der Waals surface area (Å²) in [5.74, 6) is -0.124. The number of rotatable bonds is 3. The van der Waals surface area contributed by atoms with E-state index in [1.165, 1.54) is 30.4 Å². The van der Waals surface area contributed by atoms with E-state index >= 15 is 0 Å². The number of anilines is 1. The molecule has 1 aromatic carbocycles. The number of fused-ring (bicyclic) bond motifs is 1. The van der Waals surface area contributed by atoms with Gasteiger partial charge in [0.05, 0.1) is 10.6 Å². The van der Waals surface area contributed by atoms with Gasteiger partial charge in [-0.3, -0.25) is 10.1 Å². The summed E-state index contributed by atoms with van der Waals surface area (Å²) in [6, 6.07) is 3.96. The van der Waals surface area contributed by atoms with Gasteiger partial charge in [-0.25, -0.2) is 9.69 Å². The van der Waals surface area contributed by atoms with Gasteiger partial charge in [0, 0.05) is 27.6 Å². The highest BCUT2D eigenvalue weighted by molar-refractivity contribution is 8.03. The molecule has 2 rings (SSSR count). The van der Waals surface area contributed by atoms with E-state index in [9.17, 15) is 25.1 Å². The first-order valence-electron chi connectivity index (χ1n) is 6.08. The Morgan fingerprint density at radius 2 is 2.14 bits per heavy atom. The van der Waals surface area contributed by atoms with Crippen LogP contribution in [0.2, 0.25) is 0 Å². The molecule has 7 nitrogen and oxygen atoms in total. The summed E-state index contributed by atoms with van der Waals surface area (Å²) in [6.07, 6.45) is 1.37. The Hall–Kier alpha value is -2.74. The number of amides is 1. The van der Waals surface area contributed by atoms with Crippen LogP contribution in [0.4, 0.5) is 16.2 Å². The fourth-order valence-corrected chi connectivity index (χ4v) is 3.04. The minimum absolute atomic E-state index is 0.124. The number of carboxylic acid groups (broad SMARTS) is 1. The lowest BCUT2D eigenvalue weighted by atomic mass is 10.2. The summed E-state index contributed by atoms with van der Waals surface area (Å²) in [5, 5.41) is 29.8. The maximum absolute atomic E-state index is 11.5. The Morgan fingerprint density at radius 1 is 1.45 bits per heavy atom. The smallest absolute Gasteiger partial charge is 0.416 e. The second-order valence-corrected chi connectivity index (χ2v) is 5.44. The van der Waals surface area contributed by atoms with Crippen molar-refractivity contribution in [1.29, 1.82) is 0 Å². The number of benzene rings is 1. The maximum Gasteiger partial charge on any atom is 0.416 e. The predicted octanol–water partition coefficient (Wildman–Crippen LogP) is 4.04. The third-order valence-corrected chi connectivity index (χ3v) is 4.17. The fraction of sp³-hybridized carbons (Fsp3) is 0.0714. The molecule has 0 saturated carbocycles. The van der Waals surface area contributed by atoms with Crippen LogP contribution in [0.3, 0.4) is 0 Å². The lowest BCUT2D eigenvalue weighted by Gasteiger charge is -2.28. The van der Waals surface area contributed by atoms with E-state index in [0.29, 0.717) is 21.2 Å². The normalized spacial score (nSPS) is 14.6. The van der Waals surface area contributed by atoms with Crippen LogP contribution < -0.4 is 4.90 Å². The summed E-state index contributed by atoms with van der Waals surface area (Å²) in [6.45, 7) is 5.01. The minimum Gasteiger partial charge on any atom is -0.508 e. The second-order valence-electron chi connectivity index (χ2n) is 4.35. The molecule has 0 bridgehead atoms. The van der Waals surface area contributed by atoms with Gasteiger partial charge < -0.3 is 10.2 Å². The fourth-order valence-electron chi connectivity index (χ4n) is 1.94. The SMILES string of the molecule is C=C/C(O)=C\C1=C(C)N(C(=O)O)c2ccc([N+](=O)[O-])cc2S1. The van der Waals surface area contributed by atoms with Gasteiger partial charge in [0.1, 0.15) is 5.76 Å². The minimum atomic E-state index is -1.21. The van der Waals surface area contributed by atoms with Crippen LogP contribution in [0.25, 0.3) is 0 Å². The Kier molecular flexibility index (Phi) is 4.22. The Balaban J connectivity index is 2.61. The lowest BCUT2D eigenvalue weighted by molar-refractivity contribution is -0.385. The van der Waals surface area contributed by atoms with Gasteiger partial charge in [-0.05, 0) is 25.1 Å². The zero-order valence-electron chi connectivity index (χ0n) is 11.5. The molecule has 0 radical (unpaired) electrons. The van der Waals surface area contributed by atoms with E-state index in [-0.39, 0.29) is 11.4 Å². The Labute approximate surface area is 130 Å². The number of nitrogens with zero attached hydrogens (tertiary/aromatic N) is 2. The summed E-state index contributed by atoms with van der Waals surface area (Å²) < 4.78 is 0. The number of thioether (sulfide) groups is 1. The number of aliphatic hydroxyl groups is 1. The van der Waals surface area contributed by atoms with E-state index in [1.54, 1.807) is 6.92 Å². The molecule has 1 amide bonds. The van der Waals surface area contributed by atoms with E-state index < -0.39 is 11.0 Å². The van der Waals surface area contributed by atoms with Crippen molar-refractivity contribution >= 4 is 29.2 Å². The van der Waals surface area contributed by atoms with Crippen LogP contribution in [-0.4, -0.2) is 21.2 Å². The van der Waals surface area contributed by atoms with Crippen LogP contribution in [0, 0.1) is 10.1 Å². The molecular weight excluding hydrogens is 308 g/mol. The monoisotopic (exact) mass is 320 g/mol. The second kappa shape index (κ2) is 5.94. The summed E-state index contributed by atoms with van der Waals surface area (Å²) >= 11 is 1.15. The number of hydrogen-bond donors (Lipinski definition) is 2. The summed E-state index contributed by atoms with van der Waals surface area (Å²) in [7, 11) is 0.